The maximum atomic E-state index is 12.0. The molecule has 3 rings (SSSR count). The van der Waals surface area contributed by atoms with Crippen molar-refractivity contribution in [3.63, 3.8) is 0 Å². The molecule has 1 aliphatic rings. The Morgan fingerprint density at radius 1 is 1.36 bits per heavy atom. The quantitative estimate of drug-likeness (QED) is 0.725. The molecule has 134 valence electrons. The van der Waals surface area contributed by atoms with Crippen molar-refractivity contribution in [1.82, 2.24) is 10.2 Å². The average molecular weight is 363 g/mol. The van der Waals surface area contributed by atoms with E-state index in [9.17, 15) is 4.79 Å². The fourth-order valence-electron chi connectivity index (χ4n) is 2.52. The number of nitrogens with zero attached hydrogens (tertiary/aromatic N) is 2. The molecule has 1 amide bonds. The second-order valence-electron chi connectivity index (χ2n) is 5.60. The first-order valence-corrected chi connectivity index (χ1v) is 9.08. The van der Waals surface area contributed by atoms with Gasteiger partial charge in [-0.1, -0.05) is 23.5 Å². The van der Waals surface area contributed by atoms with E-state index in [0.29, 0.717) is 36.1 Å². The van der Waals surface area contributed by atoms with Crippen molar-refractivity contribution in [2.24, 2.45) is 0 Å². The maximum Gasteiger partial charge on any atom is 0.226 e. The van der Waals surface area contributed by atoms with Crippen LogP contribution in [0.15, 0.2) is 24.3 Å². The Kier molecular flexibility index (Phi) is 6.19. The SMILES string of the molecule is COc1ccccc1OCCCC(=O)Nc1nnc([C@H]2CCCO2)s1. The van der Waals surface area contributed by atoms with E-state index in [4.69, 9.17) is 14.2 Å². The van der Waals surface area contributed by atoms with E-state index in [1.807, 2.05) is 24.3 Å². The van der Waals surface area contributed by atoms with E-state index in [1.165, 1.54) is 11.3 Å². The third-order valence-electron chi connectivity index (χ3n) is 3.77. The van der Waals surface area contributed by atoms with Crippen molar-refractivity contribution in [2.45, 2.75) is 31.8 Å². The minimum absolute atomic E-state index is 0.0254. The number of para-hydroxylation sites is 2. The Balaban J connectivity index is 1.39. The number of carbonyl (C=O) groups is 1. The fraction of sp³-hybridized carbons (Fsp3) is 0.471. The number of ether oxygens (including phenoxy) is 3. The number of anilines is 1. The lowest BCUT2D eigenvalue weighted by Gasteiger charge is -2.09. The Hall–Kier alpha value is -2.19. The molecule has 0 bridgehead atoms. The van der Waals surface area contributed by atoms with E-state index < -0.39 is 0 Å². The lowest BCUT2D eigenvalue weighted by atomic mass is 10.2. The molecule has 1 atom stereocenters. The van der Waals surface area contributed by atoms with Crippen LogP contribution in [-0.4, -0.2) is 36.4 Å². The molecule has 2 aromatic rings. The molecule has 1 N–H and O–H groups in total. The topological polar surface area (TPSA) is 82.6 Å². The predicted octanol–water partition coefficient (Wildman–Crippen LogP) is 3.20. The van der Waals surface area contributed by atoms with E-state index in [1.54, 1.807) is 7.11 Å². The van der Waals surface area contributed by atoms with Crippen LogP contribution in [0.1, 0.15) is 36.8 Å². The van der Waals surface area contributed by atoms with Gasteiger partial charge in [-0.3, -0.25) is 4.79 Å². The van der Waals surface area contributed by atoms with Gasteiger partial charge in [0.2, 0.25) is 11.0 Å². The molecule has 0 unspecified atom stereocenters. The van der Waals surface area contributed by atoms with Gasteiger partial charge in [-0.15, -0.1) is 10.2 Å². The third kappa shape index (κ3) is 4.90. The second kappa shape index (κ2) is 8.77. The number of rotatable bonds is 8. The van der Waals surface area contributed by atoms with Crippen LogP contribution in [0.3, 0.4) is 0 Å². The average Bonchev–Trinajstić information content (AvgIpc) is 3.30. The Morgan fingerprint density at radius 3 is 2.96 bits per heavy atom. The molecule has 1 aromatic carbocycles. The van der Waals surface area contributed by atoms with Gasteiger partial charge < -0.3 is 19.5 Å². The van der Waals surface area contributed by atoms with Crippen LogP contribution in [0.2, 0.25) is 0 Å². The van der Waals surface area contributed by atoms with Crippen molar-refractivity contribution in [3.8, 4) is 11.5 Å². The molecule has 2 heterocycles. The molecule has 0 radical (unpaired) electrons. The Labute approximate surface area is 150 Å². The summed E-state index contributed by atoms with van der Waals surface area (Å²) in [5.41, 5.74) is 0. The molecule has 1 saturated heterocycles. The van der Waals surface area contributed by atoms with Gasteiger partial charge in [0.1, 0.15) is 11.1 Å². The molecule has 0 spiro atoms. The summed E-state index contributed by atoms with van der Waals surface area (Å²) >= 11 is 1.37. The number of hydrogen-bond donors (Lipinski definition) is 1. The van der Waals surface area contributed by atoms with Gasteiger partial charge in [0.25, 0.3) is 0 Å². The zero-order chi connectivity index (χ0) is 17.5. The summed E-state index contributed by atoms with van der Waals surface area (Å²) < 4.78 is 16.4. The second-order valence-corrected chi connectivity index (χ2v) is 6.61. The molecule has 25 heavy (non-hydrogen) atoms. The van der Waals surface area contributed by atoms with Crippen molar-refractivity contribution < 1.29 is 19.0 Å². The van der Waals surface area contributed by atoms with Gasteiger partial charge in [-0.25, -0.2) is 0 Å². The molecule has 0 aliphatic carbocycles. The smallest absolute Gasteiger partial charge is 0.226 e. The number of carbonyl (C=O) groups excluding carboxylic acids is 1. The van der Waals surface area contributed by atoms with Crippen molar-refractivity contribution in [1.29, 1.82) is 0 Å². The number of benzene rings is 1. The summed E-state index contributed by atoms with van der Waals surface area (Å²) in [5.74, 6) is 1.26. The van der Waals surface area contributed by atoms with Crippen molar-refractivity contribution in [3.05, 3.63) is 29.3 Å². The molecule has 8 heteroatoms. The van der Waals surface area contributed by atoms with Crippen LogP contribution >= 0.6 is 11.3 Å². The molecule has 1 fully saturated rings. The third-order valence-corrected chi connectivity index (χ3v) is 4.70. The summed E-state index contributed by atoms with van der Waals surface area (Å²) in [5, 5.41) is 12.2. The highest BCUT2D eigenvalue weighted by atomic mass is 32.1. The summed E-state index contributed by atoms with van der Waals surface area (Å²) in [6.45, 7) is 1.20. The number of methoxy groups -OCH3 is 1. The van der Waals surface area contributed by atoms with Crippen LogP contribution in [0.25, 0.3) is 0 Å². The largest absolute Gasteiger partial charge is 0.493 e. The van der Waals surface area contributed by atoms with Gasteiger partial charge in [0, 0.05) is 13.0 Å². The fourth-order valence-corrected chi connectivity index (χ4v) is 3.37. The lowest BCUT2D eigenvalue weighted by molar-refractivity contribution is -0.116. The van der Waals surface area contributed by atoms with Gasteiger partial charge in [-0.2, -0.15) is 0 Å². The van der Waals surface area contributed by atoms with Gasteiger partial charge in [-0.05, 0) is 31.4 Å². The first-order chi connectivity index (χ1) is 12.3. The van der Waals surface area contributed by atoms with E-state index in [0.717, 1.165) is 24.5 Å². The van der Waals surface area contributed by atoms with Gasteiger partial charge in [0.05, 0.1) is 13.7 Å². The predicted molar refractivity (Wildman–Crippen MR) is 94.2 cm³/mol. The minimum Gasteiger partial charge on any atom is -0.493 e. The Morgan fingerprint density at radius 2 is 2.20 bits per heavy atom. The standard InChI is InChI=1S/C17H21N3O4S/c1-22-12-6-2-3-7-13(12)23-11-5-9-15(21)18-17-20-19-16(25-17)14-8-4-10-24-14/h2-3,6-7,14H,4-5,8-11H2,1H3,(H,18,20,21)/t14-/m1/s1. The first kappa shape index (κ1) is 17.6. The Bertz CT molecular complexity index is 701. The highest BCUT2D eigenvalue weighted by molar-refractivity contribution is 7.15. The van der Waals surface area contributed by atoms with Gasteiger partial charge >= 0.3 is 0 Å². The van der Waals surface area contributed by atoms with E-state index in [2.05, 4.69) is 15.5 Å². The van der Waals surface area contributed by atoms with Crippen LogP contribution in [0.4, 0.5) is 5.13 Å². The number of aromatic nitrogens is 2. The monoisotopic (exact) mass is 363 g/mol. The molecular formula is C17H21N3O4S. The van der Waals surface area contributed by atoms with E-state index >= 15 is 0 Å². The molecule has 0 saturated carbocycles. The highest BCUT2D eigenvalue weighted by Gasteiger charge is 2.22. The van der Waals surface area contributed by atoms with Crippen molar-refractivity contribution in [2.75, 3.05) is 25.6 Å². The zero-order valence-electron chi connectivity index (χ0n) is 14.1. The normalized spacial score (nSPS) is 16.6. The van der Waals surface area contributed by atoms with E-state index in [-0.39, 0.29) is 12.0 Å². The zero-order valence-corrected chi connectivity index (χ0v) is 14.9. The summed E-state index contributed by atoms with van der Waals surface area (Å²) in [4.78, 5) is 12.0. The van der Waals surface area contributed by atoms with Crippen molar-refractivity contribution >= 4 is 22.4 Å². The van der Waals surface area contributed by atoms with Gasteiger partial charge in [0.15, 0.2) is 11.5 Å². The molecule has 1 aliphatic heterocycles. The molecular weight excluding hydrogens is 342 g/mol. The van der Waals surface area contributed by atoms with Crippen LogP contribution in [-0.2, 0) is 9.53 Å². The maximum absolute atomic E-state index is 12.0. The van der Waals surface area contributed by atoms with Crippen LogP contribution < -0.4 is 14.8 Å². The molecule has 1 aromatic heterocycles. The first-order valence-electron chi connectivity index (χ1n) is 8.27. The number of hydrogen-bond acceptors (Lipinski definition) is 7. The molecule has 7 nitrogen and oxygen atoms in total. The summed E-state index contributed by atoms with van der Waals surface area (Å²) in [6.07, 6.45) is 2.98. The van der Waals surface area contributed by atoms with Crippen LogP contribution in [0, 0.1) is 0 Å². The number of amides is 1. The summed E-state index contributed by atoms with van der Waals surface area (Å²) in [7, 11) is 1.60. The summed E-state index contributed by atoms with van der Waals surface area (Å²) in [6, 6.07) is 7.44. The van der Waals surface area contributed by atoms with Crippen LogP contribution in [0.5, 0.6) is 11.5 Å². The number of nitrogens with one attached hydrogen (secondary N) is 1. The minimum atomic E-state index is -0.0985. The highest BCUT2D eigenvalue weighted by Crippen LogP contribution is 2.32. The lowest BCUT2D eigenvalue weighted by Crippen LogP contribution is -2.12.